The molecular formula is C12H25N. The van der Waals surface area contributed by atoms with Gasteiger partial charge in [-0.25, -0.2) is 0 Å². The first-order valence-electron chi connectivity index (χ1n) is 5.46. The number of hydrogen-bond acceptors (Lipinski definition) is 1. The van der Waals surface area contributed by atoms with Crippen LogP contribution in [0.5, 0.6) is 0 Å². The SMILES string of the molecule is CN(CC1CC1)C(C)(C)C(C)(C)C. The second-order valence-corrected chi connectivity index (χ2v) is 6.13. The lowest BCUT2D eigenvalue weighted by atomic mass is 9.75. The molecule has 78 valence electrons. The van der Waals surface area contributed by atoms with Crippen molar-refractivity contribution in [3.05, 3.63) is 0 Å². The molecule has 0 aromatic rings. The maximum Gasteiger partial charge on any atom is 0.0198 e. The van der Waals surface area contributed by atoms with Crippen molar-refractivity contribution >= 4 is 0 Å². The normalized spacial score (nSPS) is 19.6. The molecule has 0 N–H and O–H groups in total. The Hall–Kier alpha value is -0.0400. The highest BCUT2D eigenvalue weighted by molar-refractivity contribution is 4.93. The second-order valence-electron chi connectivity index (χ2n) is 6.13. The van der Waals surface area contributed by atoms with Crippen molar-refractivity contribution in [3.63, 3.8) is 0 Å². The Balaban J connectivity index is 2.55. The van der Waals surface area contributed by atoms with E-state index in [0.717, 1.165) is 5.92 Å². The molecule has 13 heavy (non-hydrogen) atoms. The van der Waals surface area contributed by atoms with Crippen molar-refractivity contribution in [2.24, 2.45) is 11.3 Å². The third-order valence-electron chi connectivity index (χ3n) is 4.02. The third kappa shape index (κ3) is 2.46. The maximum atomic E-state index is 2.53. The predicted molar refractivity (Wildman–Crippen MR) is 58.9 cm³/mol. The Bertz CT molecular complexity index is 172. The van der Waals surface area contributed by atoms with Crippen molar-refractivity contribution in [1.29, 1.82) is 0 Å². The first kappa shape index (κ1) is 11.0. The fourth-order valence-corrected chi connectivity index (χ4v) is 1.49. The van der Waals surface area contributed by atoms with Crippen molar-refractivity contribution in [1.82, 2.24) is 4.90 Å². The summed E-state index contributed by atoms with van der Waals surface area (Å²) in [6.07, 6.45) is 2.90. The van der Waals surface area contributed by atoms with E-state index < -0.39 is 0 Å². The molecule has 0 aliphatic heterocycles. The summed E-state index contributed by atoms with van der Waals surface area (Å²) < 4.78 is 0. The Morgan fingerprint density at radius 3 is 1.85 bits per heavy atom. The highest BCUT2D eigenvalue weighted by atomic mass is 15.2. The zero-order chi connectivity index (χ0) is 10.3. The molecule has 0 aromatic carbocycles. The van der Waals surface area contributed by atoms with Crippen LogP contribution in [0, 0.1) is 11.3 Å². The molecule has 0 bridgehead atoms. The van der Waals surface area contributed by atoms with Gasteiger partial charge in [-0.15, -0.1) is 0 Å². The van der Waals surface area contributed by atoms with Crippen LogP contribution >= 0.6 is 0 Å². The van der Waals surface area contributed by atoms with Crippen LogP contribution in [0.25, 0.3) is 0 Å². The summed E-state index contributed by atoms with van der Waals surface area (Å²) in [4.78, 5) is 2.53. The van der Waals surface area contributed by atoms with Crippen molar-refractivity contribution in [3.8, 4) is 0 Å². The van der Waals surface area contributed by atoms with Gasteiger partial charge >= 0.3 is 0 Å². The molecule has 1 fully saturated rings. The minimum Gasteiger partial charge on any atom is -0.300 e. The largest absolute Gasteiger partial charge is 0.300 e. The monoisotopic (exact) mass is 183 g/mol. The maximum absolute atomic E-state index is 2.53. The molecule has 0 saturated heterocycles. The van der Waals surface area contributed by atoms with E-state index in [9.17, 15) is 0 Å². The average molecular weight is 183 g/mol. The zero-order valence-electron chi connectivity index (χ0n) is 10.1. The summed E-state index contributed by atoms with van der Waals surface area (Å²) in [5, 5.41) is 0. The lowest BCUT2D eigenvalue weighted by molar-refractivity contribution is 0.0400. The van der Waals surface area contributed by atoms with E-state index in [1.807, 2.05) is 0 Å². The van der Waals surface area contributed by atoms with Crippen LogP contribution in [-0.4, -0.2) is 24.0 Å². The highest BCUT2D eigenvalue weighted by Crippen LogP contribution is 2.37. The molecular weight excluding hydrogens is 158 g/mol. The summed E-state index contributed by atoms with van der Waals surface area (Å²) in [7, 11) is 2.27. The minimum absolute atomic E-state index is 0.301. The Labute approximate surface area is 83.5 Å². The predicted octanol–water partition coefficient (Wildman–Crippen LogP) is 3.15. The lowest BCUT2D eigenvalue weighted by Crippen LogP contribution is -2.51. The van der Waals surface area contributed by atoms with Gasteiger partial charge in [0.2, 0.25) is 0 Å². The molecule has 1 rings (SSSR count). The highest BCUT2D eigenvalue weighted by Gasteiger charge is 2.38. The molecule has 0 heterocycles. The van der Waals surface area contributed by atoms with E-state index in [0.29, 0.717) is 11.0 Å². The average Bonchev–Trinajstić information content (AvgIpc) is 2.68. The molecule has 0 spiro atoms. The van der Waals surface area contributed by atoms with Crippen LogP contribution in [0.2, 0.25) is 0 Å². The molecule has 0 atom stereocenters. The van der Waals surface area contributed by atoms with Gasteiger partial charge in [0, 0.05) is 12.1 Å². The van der Waals surface area contributed by atoms with Crippen LogP contribution in [0.1, 0.15) is 47.5 Å². The van der Waals surface area contributed by atoms with E-state index in [4.69, 9.17) is 0 Å². The van der Waals surface area contributed by atoms with Crippen molar-refractivity contribution in [2.45, 2.75) is 53.0 Å². The summed E-state index contributed by atoms with van der Waals surface area (Å²) in [6.45, 7) is 13.0. The number of nitrogens with zero attached hydrogens (tertiary/aromatic N) is 1. The molecule has 0 unspecified atom stereocenters. The van der Waals surface area contributed by atoms with Gasteiger partial charge in [-0.1, -0.05) is 20.8 Å². The zero-order valence-corrected chi connectivity index (χ0v) is 10.1. The smallest absolute Gasteiger partial charge is 0.0198 e. The Morgan fingerprint density at radius 2 is 1.54 bits per heavy atom. The van der Waals surface area contributed by atoms with Crippen LogP contribution in [0.4, 0.5) is 0 Å². The van der Waals surface area contributed by atoms with Crippen LogP contribution < -0.4 is 0 Å². The van der Waals surface area contributed by atoms with Crippen LogP contribution in [-0.2, 0) is 0 Å². The van der Waals surface area contributed by atoms with Gasteiger partial charge in [-0.2, -0.15) is 0 Å². The molecule has 1 heteroatoms. The Morgan fingerprint density at radius 1 is 1.08 bits per heavy atom. The lowest BCUT2D eigenvalue weighted by Gasteiger charge is -2.46. The van der Waals surface area contributed by atoms with E-state index in [2.05, 4.69) is 46.6 Å². The number of rotatable bonds is 3. The summed E-state index contributed by atoms with van der Waals surface area (Å²) >= 11 is 0. The molecule has 1 nitrogen and oxygen atoms in total. The van der Waals surface area contributed by atoms with Crippen molar-refractivity contribution in [2.75, 3.05) is 13.6 Å². The molecule has 1 aliphatic rings. The van der Waals surface area contributed by atoms with Gasteiger partial charge in [-0.3, -0.25) is 0 Å². The van der Waals surface area contributed by atoms with Gasteiger partial charge in [0.15, 0.2) is 0 Å². The van der Waals surface area contributed by atoms with Crippen LogP contribution in [0.15, 0.2) is 0 Å². The van der Waals surface area contributed by atoms with E-state index in [1.165, 1.54) is 19.4 Å². The van der Waals surface area contributed by atoms with Gasteiger partial charge in [0.05, 0.1) is 0 Å². The quantitative estimate of drug-likeness (QED) is 0.649. The topological polar surface area (TPSA) is 3.24 Å². The molecule has 0 aromatic heterocycles. The van der Waals surface area contributed by atoms with Gasteiger partial charge < -0.3 is 4.90 Å². The van der Waals surface area contributed by atoms with Gasteiger partial charge in [0.25, 0.3) is 0 Å². The fourth-order valence-electron chi connectivity index (χ4n) is 1.49. The standard InChI is InChI=1S/C12H25N/c1-11(2,3)12(4,5)13(6)9-10-7-8-10/h10H,7-9H2,1-6H3. The molecule has 0 amide bonds. The van der Waals surface area contributed by atoms with E-state index in [-0.39, 0.29) is 0 Å². The minimum atomic E-state index is 0.301. The number of hydrogen-bond donors (Lipinski definition) is 0. The molecule has 0 radical (unpaired) electrons. The van der Waals surface area contributed by atoms with Gasteiger partial charge in [0.1, 0.15) is 0 Å². The first-order valence-corrected chi connectivity index (χ1v) is 5.46. The van der Waals surface area contributed by atoms with E-state index in [1.54, 1.807) is 0 Å². The second kappa shape index (κ2) is 3.27. The summed E-state index contributed by atoms with van der Waals surface area (Å²) in [6, 6.07) is 0. The fraction of sp³-hybridized carbons (Fsp3) is 1.00. The van der Waals surface area contributed by atoms with Crippen LogP contribution in [0.3, 0.4) is 0 Å². The Kier molecular flexibility index (Phi) is 2.78. The van der Waals surface area contributed by atoms with Crippen molar-refractivity contribution < 1.29 is 0 Å². The molecule has 1 aliphatic carbocycles. The van der Waals surface area contributed by atoms with E-state index >= 15 is 0 Å². The first-order chi connectivity index (χ1) is 5.75. The third-order valence-corrected chi connectivity index (χ3v) is 4.02. The summed E-state index contributed by atoms with van der Waals surface area (Å²) in [5.74, 6) is 0.992. The molecule has 1 saturated carbocycles. The van der Waals surface area contributed by atoms with Gasteiger partial charge in [-0.05, 0) is 45.1 Å². The summed E-state index contributed by atoms with van der Waals surface area (Å²) in [5.41, 5.74) is 0.659.